The van der Waals surface area contributed by atoms with Gasteiger partial charge >= 0.3 is 6.09 Å². The van der Waals surface area contributed by atoms with Crippen LogP contribution in [0.3, 0.4) is 0 Å². The predicted molar refractivity (Wildman–Crippen MR) is 188 cm³/mol. The van der Waals surface area contributed by atoms with Crippen LogP contribution in [0.5, 0.6) is 5.75 Å². The Hall–Kier alpha value is -4.83. The van der Waals surface area contributed by atoms with Gasteiger partial charge in [0.25, 0.3) is 5.91 Å². The number of phenolic OH excluding ortho intramolecular Hbond substituents is 1. The summed E-state index contributed by atoms with van der Waals surface area (Å²) in [5.74, 6) is 5.49. The number of aromatic hydroxyl groups is 1. The molecule has 3 heterocycles. The zero-order chi connectivity index (χ0) is 35.1. The van der Waals surface area contributed by atoms with Crippen LogP contribution in [0.2, 0.25) is 5.02 Å². The van der Waals surface area contributed by atoms with Gasteiger partial charge in [-0.05, 0) is 105 Å². The van der Waals surface area contributed by atoms with Gasteiger partial charge in [0, 0.05) is 34.6 Å². The highest BCUT2D eigenvalue weighted by Gasteiger charge is 2.37. The van der Waals surface area contributed by atoms with Crippen molar-refractivity contribution in [2.24, 2.45) is 0 Å². The smallest absolute Gasteiger partial charge is 0.408 e. The molecular formula is C36H38ClN5O6S. The zero-order valence-corrected chi connectivity index (χ0v) is 29.0. The van der Waals surface area contributed by atoms with Gasteiger partial charge in [-0.1, -0.05) is 23.4 Å². The topological polar surface area (TPSA) is 146 Å². The highest BCUT2D eigenvalue weighted by Crippen LogP contribution is 2.33. The first-order chi connectivity index (χ1) is 23.4. The molecule has 11 nitrogen and oxygen atoms in total. The van der Waals surface area contributed by atoms with Crippen molar-refractivity contribution in [3.05, 3.63) is 87.2 Å². The molecule has 4 N–H and O–H groups in total. The predicted octanol–water partition coefficient (Wildman–Crippen LogP) is 5.95. The van der Waals surface area contributed by atoms with E-state index in [0.717, 1.165) is 12.8 Å². The van der Waals surface area contributed by atoms with Gasteiger partial charge in [0.05, 0.1) is 18.7 Å². The highest BCUT2D eigenvalue weighted by molar-refractivity contribution is 7.08. The minimum atomic E-state index is -0.994. The van der Waals surface area contributed by atoms with Gasteiger partial charge < -0.3 is 30.5 Å². The number of aromatic nitrogens is 2. The maximum absolute atomic E-state index is 13.9. The monoisotopic (exact) mass is 703 g/mol. The van der Waals surface area contributed by atoms with Crippen LogP contribution in [0.25, 0.3) is 11.3 Å². The summed E-state index contributed by atoms with van der Waals surface area (Å²) in [5.41, 5.74) is 2.47. The number of piperidine rings is 1. The molecular weight excluding hydrogens is 666 g/mol. The number of thiophene rings is 1. The number of nitrogens with zero attached hydrogens (tertiary/aromatic N) is 3. The summed E-state index contributed by atoms with van der Waals surface area (Å²) in [5, 5.41) is 34.0. The number of anilines is 1. The second-order valence-corrected chi connectivity index (χ2v) is 13.8. The summed E-state index contributed by atoms with van der Waals surface area (Å²) in [4.78, 5) is 41.7. The van der Waals surface area contributed by atoms with Gasteiger partial charge in [-0.15, -0.1) is 0 Å². The van der Waals surface area contributed by atoms with E-state index in [-0.39, 0.29) is 30.7 Å². The molecule has 2 aromatic heterocycles. The molecule has 0 spiro atoms. The van der Waals surface area contributed by atoms with E-state index in [1.54, 1.807) is 84.4 Å². The third-order valence-corrected chi connectivity index (χ3v) is 8.61. The van der Waals surface area contributed by atoms with Crippen LogP contribution in [0.1, 0.15) is 62.8 Å². The quantitative estimate of drug-likeness (QED) is 0.166. The summed E-state index contributed by atoms with van der Waals surface area (Å²) >= 11 is 7.57. The third kappa shape index (κ3) is 9.20. The minimum absolute atomic E-state index is 0.00122. The molecule has 4 aromatic rings. The van der Waals surface area contributed by atoms with Crippen LogP contribution in [0.15, 0.2) is 65.5 Å². The van der Waals surface area contributed by atoms with Gasteiger partial charge in [-0.2, -0.15) is 16.4 Å². The number of hydrogen-bond donors (Lipinski definition) is 4. The number of carbonyl (C=O) groups is 3. The second-order valence-electron chi connectivity index (χ2n) is 12.5. The van der Waals surface area contributed by atoms with E-state index in [9.17, 15) is 24.6 Å². The van der Waals surface area contributed by atoms with E-state index < -0.39 is 23.8 Å². The number of halogens is 1. The summed E-state index contributed by atoms with van der Waals surface area (Å²) in [6.45, 7) is 5.76. The normalized spacial score (nSPS) is 15.1. The molecule has 0 radical (unpaired) electrons. The van der Waals surface area contributed by atoms with Crippen LogP contribution in [0.4, 0.5) is 10.5 Å². The van der Waals surface area contributed by atoms with Crippen LogP contribution < -0.4 is 10.6 Å². The maximum atomic E-state index is 13.9. The first-order valence-corrected chi connectivity index (χ1v) is 17.2. The van der Waals surface area contributed by atoms with Crippen molar-refractivity contribution in [3.63, 3.8) is 0 Å². The second kappa shape index (κ2) is 15.6. The largest absolute Gasteiger partial charge is 0.507 e. The number of amides is 3. The van der Waals surface area contributed by atoms with Crippen molar-refractivity contribution in [1.29, 1.82) is 0 Å². The summed E-state index contributed by atoms with van der Waals surface area (Å²) in [6, 6.07) is 11.7. The van der Waals surface area contributed by atoms with Gasteiger partial charge in [-0.25, -0.2) is 4.79 Å². The number of benzene rings is 2. The molecule has 256 valence electrons. The van der Waals surface area contributed by atoms with Crippen molar-refractivity contribution in [1.82, 2.24) is 20.0 Å². The molecule has 0 saturated carbocycles. The van der Waals surface area contributed by atoms with E-state index >= 15 is 0 Å². The Kier molecular flexibility index (Phi) is 11.3. The fraction of sp³-hybridized carbons (Fsp3) is 0.333. The molecule has 1 fully saturated rings. The molecule has 1 aliphatic heterocycles. The molecule has 13 heteroatoms. The molecule has 0 bridgehead atoms. The van der Waals surface area contributed by atoms with Crippen molar-refractivity contribution in [3.8, 4) is 28.8 Å². The van der Waals surface area contributed by atoms with Gasteiger partial charge in [0.1, 0.15) is 29.1 Å². The Morgan fingerprint density at radius 1 is 1.12 bits per heavy atom. The Morgan fingerprint density at radius 3 is 2.59 bits per heavy atom. The zero-order valence-electron chi connectivity index (χ0n) is 27.4. The molecule has 49 heavy (non-hydrogen) atoms. The Balaban J connectivity index is 1.30. The molecule has 2 atom stereocenters. The van der Waals surface area contributed by atoms with E-state index in [2.05, 4.69) is 27.6 Å². The molecule has 2 unspecified atom stereocenters. The summed E-state index contributed by atoms with van der Waals surface area (Å²) in [7, 11) is 0. The fourth-order valence-electron chi connectivity index (χ4n) is 5.41. The first-order valence-electron chi connectivity index (χ1n) is 15.8. The number of aliphatic hydroxyl groups excluding tert-OH is 1. The Morgan fingerprint density at radius 2 is 1.90 bits per heavy atom. The molecule has 2 aromatic carbocycles. The van der Waals surface area contributed by atoms with Crippen LogP contribution in [-0.4, -0.2) is 67.6 Å². The van der Waals surface area contributed by atoms with Crippen LogP contribution >= 0.6 is 22.9 Å². The number of rotatable bonds is 8. The number of hydrogen-bond acceptors (Lipinski definition) is 8. The average molecular weight is 704 g/mol. The molecule has 5 rings (SSSR count). The lowest BCUT2D eigenvalue weighted by Crippen LogP contribution is -2.53. The summed E-state index contributed by atoms with van der Waals surface area (Å²) < 4.78 is 6.97. The van der Waals surface area contributed by atoms with Crippen LogP contribution in [-0.2, 0) is 20.9 Å². The number of nitrogens with one attached hydrogen (secondary N) is 2. The van der Waals surface area contributed by atoms with Crippen molar-refractivity contribution in [2.75, 3.05) is 18.5 Å². The maximum Gasteiger partial charge on any atom is 0.408 e. The number of alkyl carbamates (subject to hydrolysis) is 1. The first kappa shape index (κ1) is 35.5. The van der Waals surface area contributed by atoms with E-state index in [4.69, 9.17) is 16.3 Å². The number of aliphatic hydroxyl groups is 1. The van der Waals surface area contributed by atoms with Crippen molar-refractivity contribution < 1.29 is 29.3 Å². The third-order valence-electron chi connectivity index (χ3n) is 7.67. The lowest BCUT2D eigenvalue weighted by Gasteiger charge is -2.37. The summed E-state index contributed by atoms with van der Waals surface area (Å²) in [6.07, 6.45) is 2.98. The van der Waals surface area contributed by atoms with Gasteiger partial charge in [0.2, 0.25) is 5.91 Å². The minimum Gasteiger partial charge on any atom is -0.507 e. The molecule has 1 aliphatic rings. The number of carbonyl (C=O) groups excluding carboxylic acids is 3. The Bertz CT molecular complexity index is 1860. The Labute approximate surface area is 293 Å². The standard InChI is InChI=1S/C36H38ClN5O6S/c1-36(2,3)48-35(47)39-32(25-15-19-49-22-25)34(46)42-16-5-4-6-29(42)33(45)38-27-12-8-23(9-13-27)7-10-24-21-41(17-18-43)40-31(24)28-20-26(37)11-14-30(28)44/h8-9,11-15,19-22,29,32,43-44H,4-6,16-18H2,1-3H3,(H,38,45)(H,39,47). The van der Waals surface area contributed by atoms with E-state index in [1.165, 1.54) is 17.4 Å². The molecule has 3 amide bonds. The van der Waals surface area contributed by atoms with E-state index in [1.807, 2.05) is 5.38 Å². The lowest BCUT2D eigenvalue weighted by atomic mass is 9.98. The molecule has 1 saturated heterocycles. The number of likely N-dealkylation sites (tertiary alicyclic amines) is 1. The average Bonchev–Trinajstić information content (AvgIpc) is 3.74. The van der Waals surface area contributed by atoms with Crippen molar-refractivity contribution in [2.45, 2.75) is 64.3 Å². The van der Waals surface area contributed by atoms with Crippen LogP contribution in [0, 0.1) is 11.8 Å². The van der Waals surface area contributed by atoms with Gasteiger partial charge in [0.15, 0.2) is 0 Å². The SMILES string of the molecule is CC(C)(C)OC(=O)NC(C(=O)N1CCCCC1C(=O)Nc1ccc(C#Cc2cn(CCO)nc2-c2cc(Cl)ccc2O)cc1)c1ccsc1. The van der Waals surface area contributed by atoms with Crippen molar-refractivity contribution >= 4 is 46.5 Å². The highest BCUT2D eigenvalue weighted by atomic mass is 35.5. The molecule has 0 aliphatic carbocycles. The number of phenols is 1. The fourth-order valence-corrected chi connectivity index (χ4v) is 6.27. The number of ether oxygens (including phenoxy) is 1. The van der Waals surface area contributed by atoms with Gasteiger partial charge in [-0.3, -0.25) is 14.3 Å². The lowest BCUT2D eigenvalue weighted by molar-refractivity contribution is -0.142. The van der Waals surface area contributed by atoms with E-state index in [0.29, 0.717) is 51.6 Å².